The Bertz CT molecular complexity index is 699. The molecule has 30 heavy (non-hydrogen) atoms. The molecule has 1 aromatic carbocycles. The highest BCUT2D eigenvalue weighted by Crippen LogP contribution is 2.30. The normalized spacial score (nSPS) is 14.9. The van der Waals surface area contributed by atoms with Crippen LogP contribution in [0.3, 0.4) is 0 Å². The van der Waals surface area contributed by atoms with Crippen LogP contribution in [0.15, 0.2) is 23.2 Å². The maximum atomic E-state index is 12.5. The Kier molecular flexibility index (Phi) is 11.7. The first-order chi connectivity index (χ1) is 14.0. The molecule has 1 aliphatic rings. The number of ether oxygens (including phenoxy) is 3. The van der Waals surface area contributed by atoms with Crippen LogP contribution in [-0.2, 0) is 16.1 Å². The second-order valence-electron chi connectivity index (χ2n) is 6.55. The summed E-state index contributed by atoms with van der Waals surface area (Å²) in [4.78, 5) is 18.5. The molecule has 0 saturated carbocycles. The van der Waals surface area contributed by atoms with E-state index in [9.17, 15) is 13.6 Å². The molecule has 1 aromatic rings. The highest BCUT2D eigenvalue weighted by Gasteiger charge is 2.27. The van der Waals surface area contributed by atoms with Gasteiger partial charge in [0.2, 0.25) is 0 Å². The number of hydrogen-bond acceptors (Lipinski definition) is 5. The van der Waals surface area contributed by atoms with Crippen molar-refractivity contribution < 1.29 is 27.8 Å². The van der Waals surface area contributed by atoms with E-state index >= 15 is 0 Å². The molecule has 170 valence electrons. The molecule has 1 fully saturated rings. The van der Waals surface area contributed by atoms with Crippen molar-refractivity contribution in [1.29, 1.82) is 0 Å². The molecule has 1 heterocycles. The van der Waals surface area contributed by atoms with Gasteiger partial charge in [-0.05, 0) is 44.4 Å². The van der Waals surface area contributed by atoms with Gasteiger partial charge in [0.05, 0.1) is 26.2 Å². The summed E-state index contributed by atoms with van der Waals surface area (Å²) < 4.78 is 39.8. The molecule has 1 N–H and O–H groups in total. The number of likely N-dealkylation sites (tertiary alicyclic amines) is 1. The summed E-state index contributed by atoms with van der Waals surface area (Å²) in [5, 5.41) is 3.26. The molecular formula is C20H30F2IN3O4. The number of carbonyl (C=O) groups excluding carboxylic acids is 1. The van der Waals surface area contributed by atoms with Gasteiger partial charge in [0.25, 0.3) is 0 Å². The number of benzene rings is 1. The maximum absolute atomic E-state index is 12.5. The van der Waals surface area contributed by atoms with Crippen molar-refractivity contribution in [1.82, 2.24) is 10.2 Å². The van der Waals surface area contributed by atoms with Crippen LogP contribution < -0.4 is 14.8 Å². The van der Waals surface area contributed by atoms with Crippen LogP contribution in [0.5, 0.6) is 11.5 Å². The van der Waals surface area contributed by atoms with Gasteiger partial charge in [0, 0.05) is 19.6 Å². The van der Waals surface area contributed by atoms with Crippen LogP contribution in [0.2, 0.25) is 0 Å². The lowest BCUT2D eigenvalue weighted by Crippen LogP contribution is -2.46. The molecule has 1 saturated heterocycles. The third-order valence-electron chi connectivity index (χ3n) is 4.60. The van der Waals surface area contributed by atoms with Gasteiger partial charge in [-0.3, -0.25) is 4.79 Å². The van der Waals surface area contributed by atoms with Gasteiger partial charge in [-0.1, -0.05) is 6.07 Å². The van der Waals surface area contributed by atoms with Crippen molar-refractivity contribution in [3.63, 3.8) is 0 Å². The summed E-state index contributed by atoms with van der Waals surface area (Å²) in [7, 11) is 1.41. The minimum atomic E-state index is -2.91. The number of piperidine rings is 1. The highest BCUT2D eigenvalue weighted by molar-refractivity contribution is 14.0. The summed E-state index contributed by atoms with van der Waals surface area (Å²) in [6.07, 6.45) is 1.43. The number of alkyl halides is 2. The van der Waals surface area contributed by atoms with E-state index in [1.54, 1.807) is 19.1 Å². The summed E-state index contributed by atoms with van der Waals surface area (Å²) in [6, 6.07) is 4.82. The average Bonchev–Trinajstić information content (AvgIpc) is 2.72. The third-order valence-corrected chi connectivity index (χ3v) is 4.60. The lowest BCUT2D eigenvalue weighted by atomic mass is 9.97. The van der Waals surface area contributed by atoms with E-state index in [1.165, 1.54) is 13.2 Å². The van der Waals surface area contributed by atoms with E-state index in [2.05, 4.69) is 19.9 Å². The molecular weight excluding hydrogens is 511 g/mol. The molecule has 0 bridgehead atoms. The Morgan fingerprint density at radius 3 is 2.53 bits per heavy atom. The van der Waals surface area contributed by atoms with E-state index in [4.69, 9.17) is 9.47 Å². The fraction of sp³-hybridized carbons (Fsp3) is 0.600. The Morgan fingerprint density at radius 1 is 1.27 bits per heavy atom. The summed E-state index contributed by atoms with van der Waals surface area (Å²) in [6.45, 7) is 3.66. The molecule has 0 amide bonds. The van der Waals surface area contributed by atoms with Crippen LogP contribution in [0.1, 0.15) is 32.3 Å². The van der Waals surface area contributed by atoms with Crippen molar-refractivity contribution >= 4 is 35.9 Å². The van der Waals surface area contributed by atoms with E-state index in [-0.39, 0.29) is 47.4 Å². The van der Waals surface area contributed by atoms with E-state index in [0.717, 1.165) is 11.5 Å². The maximum Gasteiger partial charge on any atom is 0.387 e. The largest absolute Gasteiger partial charge is 0.490 e. The number of hydrogen-bond donors (Lipinski definition) is 1. The summed E-state index contributed by atoms with van der Waals surface area (Å²) in [5.41, 5.74) is 0.815. The van der Waals surface area contributed by atoms with Gasteiger partial charge in [0.1, 0.15) is 0 Å². The number of methoxy groups -OCH3 is 1. The van der Waals surface area contributed by atoms with E-state index in [1.807, 2.05) is 6.92 Å². The minimum absolute atomic E-state index is 0. The predicted octanol–water partition coefficient (Wildman–Crippen LogP) is 3.66. The number of rotatable bonds is 8. The standard InChI is InChI=1S/C20H29F2N3O4.HI/c1-4-23-20(25-10-8-15(9-11-25)18(26)27-3)24-13-14-6-7-16(29-19(21)22)17(12-14)28-5-2;/h6-7,12,15,19H,4-5,8-11,13H2,1-3H3,(H,23,24);1H. The molecule has 0 spiro atoms. The molecule has 1 aliphatic heterocycles. The first-order valence-electron chi connectivity index (χ1n) is 9.80. The van der Waals surface area contributed by atoms with Gasteiger partial charge >= 0.3 is 12.6 Å². The Morgan fingerprint density at radius 2 is 1.97 bits per heavy atom. The molecule has 2 rings (SSSR count). The lowest BCUT2D eigenvalue weighted by Gasteiger charge is -2.33. The SMILES string of the molecule is CCNC(=NCc1ccc(OC(F)F)c(OCC)c1)N1CCC(C(=O)OC)CC1.I. The van der Waals surface area contributed by atoms with Gasteiger partial charge in [0.15, 0.2) is 17.5 Å². The van der Waals surface area contributed by atoms with Crippen molar-refractivity contribution in [3.05, 3.63) is 23.8 Å². The number of aliphatic imine (C=N–C) groups is 1. The zero-order valence-electron chi connectivity index (χ0n) is 17.5. The van der Waals surface area contributed by atoms with Gasteiger partial charge in [-0.2, -0.15) is 8.78 Å². The van der Waals surface area contributed by atoms with E-state index < -0.39 is 6.61 Å². The second kappa shape index (κ2) is 13.5. The van der Waals surface area contributed by atoms with Crippen molar-refractivity contribution in [2.75, 3.05) is 33.4 Å². The Hall–Kier alpha value is -1.85. The zero-order chi connectivity index (χ0) is 21.2. The van der Waals surface area contributed by atoms with Crippen molar-refractivity contribution in [2.45, 2.75) is 39.8 Å². The summed E-state index contributed by atoms with van der Waals surface area (Å²) in [5.74, 6) is 0.786. The van der Waals surface area contributed by atoms with Crippen LogP contribution >= 0.6 is 24.0 Å². The van der Waals surface area contributed by atoms with Crippen LogP contribution in [0, 0.1) is 5.92 Å². The molecule has 7 nitrogen and oxygen atoms in total. The first-order valence-corrected chi connectivity index (χ1v) is 9.80. The molecule has 0 radical (unpaired) electrons. The molecule has 0 atom stereocenters. The number of halogens is 3. The van der Waals surface area contributed by atoms with Crippen LogP contribution in [-0.4, -0.2) is 56.8 Å². The smallest absolute Gasteiger partial charge is 0.387 e. The topological polar surface area (TPSA) is 72.4 Å². The quantitative estimate of drug-likeness (QED) is 0.235. The number of nitrogens with one attached hydrogen (secondary N) is 1. The second-order valence-corrected chi connectivity index (χ2v) is 6.55. The number of carbonyl (C=O) groups is 1. The van der Waals surface area contributed by atoms with Gasteiger partial charge in [-0.25, -0.2) is 4.99 Å². The molecule has 0 aromatic heterocycles. The van der Waals surface area contributed by atoms with Gasteiger partial charge < -0.3 is 24.4 Å². The minimum Gasteiger partial charge on any atom is -0.490 e. The van der Waals surface area contributed by atoms with Crippen molar-refractivity contribution in [3.8, 4) is 11.5 Å². The number of guanidine groups is 1. The summed E-state index contributed by atoms with van der Waals surface area (Å²) >= 11 is 0. The highest BCUT2D eigenvalue weighted by atomic mass is 127. The van der Waals surface area contributed by atoms with Crippen molar-refractivity contribution in [2.24, 2.45) is 10.9 Å². The average molecular weight is 541 g/mol. The van der Waals surface area contributed by atoms with Crippen LogP contribution in [0.25, 0.3) is 0 Å². The molecule has 0 aliphatic carbocycles. The zero-order valence-corrected chi connectivity index (χ0v) is 19.9. The van der Waals surface area contributed by atoms with Gasteiger partial charge in [-0.15, -0.1) is 24.0 Å². The predicted molar refractivity (Wildman–Crippen MR) is 121 cm³/mol. The fourth-order valence-corrected chi connectivity index (χ4v) is 3.20. The lowest BCUT2D eigenvalue weighted by molar-refractivity contribution is -0.146. The van der Waals surface area contributed by atoms with Crippen LogP contribution in [0.4, 0.5) is 8.78 Å². The Balaban J connectivity index is 0.00000450. The molecule has 10 heteroatoms. The number of nitrogens with zero attached hydrogens (tertiary/aromatic N) is 2. The monoisotopic (exact) mass is 541 g/mol. The van der Waals surface area contributed by atoms with E-state index in [0.29, 0.717) is 45.6 Å². The number of esters is 1. The first kappa shape index (κ1) is 26.2. The Labute approximate surface area is 193 Å². The third kappa shape index (κ3) is 7.77. The molecule has 0 unspecified atom stereocenters. The fourth-order valence-electron chi connectivity index (χ4n) is 3.20.